The maximum atomic E-state index is 11.8. The normalized spacial score (nSPS) is 13.8. The van der Waals surface area contributed by atoms with Crippen LogP contribution in [0.5, 0.6) is 0 Å². The van der Waals surface area contributed by atoms with Gasteiger partial charge in [0.25, 0.3) is 0 Å². The van der Waals surface area contributed by atoms with Gasteiger partial charge in [-0.1, -0.05) is 6.08 Å². The molecule has 2 rings (SSSR count). The van der Waals surface area contributed by atoms with Crippen LogP contribution in [-0.4, -0.2) is 23.7 Å². The molecule has 0 atom stereocenters. The topological polar surface area (TPSA) is 42.4 Å². The van der Waals surface area contributed by atoms with E-state index in [0.717, 1.165) is 11.4 Å². The van der Waals surface area contributed by atoms with Crippen LogP contribution in [0, 0.1) is 0 Å². The van der Waals surface area contributed by atoms with Crippen LogP contribution in [0.2, 0.25) is 0 Å². The number of carbonyl (C=O) groups is 1. The monoisotopic (exact) mass is 218 g/mol. The average Bonchev–Trinajstić information content (AvgIpc) is 2.27. The molecule has 1 aromatic heterocycles. The summed E-state index contributed by atoms with van der Waals surface area (Å²) >= 11 is 0. The summed E-state index contributed by atoms with van der Waals surface area (Å²) in [6, 6.07) is 3.68. The first-order valence-corrected chi connectivity index (χ1v) is 5.28. The van der Waals surface area contributed by atoms with Crippen LogP contribution < -0.4 is 4.90 Å². The summed E-state index contributed by atoms with van der Waals surface area (Å²) < 4.78 is 5.17. The highest BCUT2D eigenvalue weighted by atomic mass is 16.6. The van der Waals surface area contributed by atoms with Crippen molar-refractivity contribution >= 4 is 17.9 Å². The van der Waals surface area contributed by atoms with Gasteiger partial charge in [-0.25, -0.2) is 4.79 Å². The highest BCUT2D eigenvalue weighted by Crippen LogP contribution is 2.24. The maximum Gasteiger partial charge on any atom is 0.414 e. The van der Waals surface area contributed by atoms with Gasteiger partial charge in [0.05, 0.1) is 17.5 Å². The van der Waals surface area contributed by atoms with Crippen LogP contribution in [-0.2, 0) is 4.74 Å². The van der Waals surface area contributed by atoms with Crippen molar-refractivity contribution in [1.29, 1.82) is 0 Å². The second kappa shape index (κ2) is 4.35. The summed E-state index contributed by atoms with van der Waals surface area (Å²) in [5.74, 6) is 0. The number of hydrogen-bond acceptors (Lipinski definition) is 3. The van der Waals surface area contributed by atoms with Gasteiger partial charge < -0.3 is 4.74 Å². The van der Waals surface area contributed by atoms with E-state index in [4.69, 9.17) is 4.74 Å². The Morgan fingerprint density at radius 1 is 1.56 bits per heavy atom. The van der Waals surface area contributed by atoms with Gasteiger partial charge in [0.2, 0.25) is 0 Å². The molecule has 84 valence electrons. The Labute approximate surface area is 94.5 Å². The molecule has 1 amide bonds. The van der Waals surface area contributed by atoms with Crippen molar-refractivity contribution in [3.8, 4) is 0 Å². The Kier molecular flexibility index (Phi) is 2.90. The lowest BCUT2D eigenvalue weighted by Crippen LogP contribution is -2.35. The first-order valence-electron chi connectivity index (χ1n) is 5.28. The average molecular weight is 218 g/mol. The number of aromatic nitrogens is 1. The Hall–Kier alpha value is -1.84. The van der Waals surface area contributed by atoms with Crippen LogP contribution in [0.3, 0.4) is 0 Å². The zero-order valence-corrected chi connectivity index (χ0v) is 9.38. The molecule has 1 aromatic rings. The SMILES string of the molecule is CC(C)OC(=O)N1CC=Cc2ncccc21. The molecular weight excluding hydrogens is 204 g/mol. The number of fused-ring (bicyclic) bond motifs is 1. The lowest BCUT2D eigenvalue weighted by atomic mass is 10.2. The van der Waals surface area contributed by atoms with Gasteiger partial charge in [-0.3, -0.25) is 9.88 Å². The van der Waals surface area contributed by atoms with E-state index in [0.29, 0.717) is 6.54 Å². The minimum Gasteiger partial charge on any atom is -0.446 e. The van der Waals surface area contributed by atoms with Gasteiger partial charge >= 0.3 is 6.09 Å². The molecular formula is C12H14N2O2. The zero-order chi connectivity index (χ0) is 11.5. The van der Waals surface area contributed by atoms with E-state index >= 15 is 0 Å². The second-order valence-electron chi connectivity index (χ2n) is 3.85. The van der Waals surface area contributed by atoms with Crippen molar-refractivity contribution in [1.82, 2.24) is 4.98 Å². The number of carbonyl (C=O) groups excluding carboxylic acids is 1. The molecule has 0 saturated heterocycles. The van der Waals surface area contributed by atoms with Gasteiger partial charge in [0.15, 0.2) is 0 Å². The molecule has 1 aliphatic heterocycles. The number of hydrogen-bond donors (Lipinski definition) is 0. The largest absolute Gasteiger partial charge is 0.446 e. The number of anilines is 1. The number of pyridine rings is 1. The first-order chi connectivity index (χ1) is 7.68. The molecule has 0 bridgehead atoms. The molecule has 0 aliphatic carbocycles. The molecule has 0 fully saturated rings. The standard InChI is InChI=1S/C12H14N2O2/c1-9(2)16-12(15)14-8-4-5-10-11(14)6-3-7-13-10/h3-7,9H,8H2,1-2H3. The van der Waals surface area contributed by atoms with E-state index in [2.05, 4.69) is 4.98 Å². The molecule has 0 spiro atoms. The first kappa shape index (κ1) is 10.7. The Balaban J connectivity index is 2.25. The molecule has 4 nitrogen and oxygen atoms in total. The predicted octanol–water partition coefficient (Wildman–Crippen LogP) is 2.46. The highest BCUT2D eigenvalue weighted by molar-refractivity contribution is 5.91. The van der Waals surface area contributed by atoms with Crippen molar-refractivity contribution in [3.05, 3.63) is 30.1 Å². The van der Waals surface area contributed by atoms with E-state index in [1.54, 1.807) is 11.1 Å². The highest BCUT2D eigenvalue weighted by Gasteiger charge is 2.21. The Morgan fingerprint density at radius 3 is 3.12 bits per heavy atom. The summed E-state index contributed by atoms with van der Waals surface area (Å²) in [7, 11) is 0. The predicted molar refractivity (Wildman–Crippen MR) is 62.2 cm³/mol. The van der Waals surface area contributed by atoms with E-state index in [1.165, 1.54) is 0 Å². The van der Waals surface area contributed by atoms with Gasteiger partial charge in [-0.2, -0.15) is 0 Å². The van der Waals surface area contributed by atoms with Crippen LogP contribution in [0.4, 0.5) is 10.5 Å². The number of ether oxygens (including phenoxy) is 1. The quantitative estimate of drug-likeness (QED) is 0.727. The third-order valence-corrected chi connectivity index (χ3v) is 2.23. The van der Waals surface area contributed by atoms with Crippen molar-refractivity contribution < 1.29 is 9.53 Å². The summed E-state index contributed by atoms with van der Waals surface area (Å²) in [6.07, 6.45) is 5.08. The molecule has 16 heavy (non-hydrogen) atoms. The third-order valence-electron chi connectivity index (χ3n) is 2.23. The van der Waals surface area contributed by atoms with Gasteiger partial charge in [-0.05, 0) is 32.1 Å². The maximum absolute atomic E-state index is 11.8. The summed E-state index contributed by atoms with van der Waals surface area (Å²) in [5, 5.41) is 0. The second-order valence-corrected chi connectivity index (χ2v) is 3.85. The van der Waals surface area contributed by atoms with Crippen molar-refractivity contribution in [3.63, 3.8) is 0 Å². The van der Waals surface area contributed by atoms with Crippen molar-refractivity contribution in [2.45, 2.75) is 20.0 Å². The molecule has 0 radical (unpaired) electrons. The molecule has 0 N–H and O–H groups in total. The van der Waals surface area contributed by atoms with Crippen molar-refractivity contribution in [2.75, 3.05) is 11.4 Å². The van der Waals surface area contributed by atoms with Gasteiger partial charge in [0.1, 0.15) is 0 Å². The van der Waals surface area contributed by atoms with Crippen LogP contribution >= 0.6 is 0 Å². The fourth-order valence-electron chi connectivity index (χ4n) is 1.57. The van der Waals surface area contributed by atoms with Crippen molar-refractivity contribution in [2.24, 2.45) is 0 Å². The molecule has 4 heteroatoms. The number of rotatable bonds is 1. The molecule has 0 aromatic carbocycles. The molecule has 0 unspecified atom stereocenters. The Bertz CT molecular complexity index is 427. The lowest BCUT2D eigenvalue weighted by molar-refractivity contribution is 0.123. The number of amides is 1. The number of nitrogens with zero attached hydrogens (tertiary/aromatic N) is 2. The summed E-state index contributed by atoms with van der Waals surface area (Å²) in [6.45, 7) is 4.20. The summed E-state index contributed by atoms with van der Waals surface area (Å²) in [4.78, 5) is 17.6. The molecule has 0 saturated carbocycles. The fraction of sp³-hybridized carbons (Fsp3) is 0.333. The minimum atomic E-state index is -0.325. The van der Waals surface area contributed by atoms with Gasteiger partial charge in [-0.15, -0.1) is 0 Å². The zero-order valence-electron chi connectivity index (χ0n) is 9.38. The van der Waals surface area contributed by atoms with E-state index in [-0.39, 0.29) is 12.2 Å². The van der Waals surface area contributed by atoms with Crippen LogP contribution in [0.25, 0.3) is 6.08 Å². The smallest absolute Gasteiger partial charge is 0.414 e. The fourth-order valence-corrected chi connectivity index (χ4v) is 1.57. The molecule has 2 heterocycles. The van der Waals surface area contributed by atoms with Gasteiger partial charge in [0, 0.05) is 12.7 Å². The minimum absolute atomic E-state index is 0.112. The molecule has 1 aliphatic rings. The summed E-state index contributed by atoms with van der Waals surface area (Å²) in [5.41, 5.74) is 1.60. The van der Waals surface area contributed by atoms with Crippen LogP contribution in [0.15, 0.2) is 24.4 Å². The lowest BCUT2D eigenvalue weighted by Gasteiger charge is -2.25. The van der Waals surface area contributed by atoms with E-state index < -0.39 is 0 Å². The van der Waals surface area contributed by atoms with E-state index in [9.17, 15) is 4.79 Å². The van der Waals surface area contributed by atoms with E-state index in [1.807, 2.05) is 38.1 Å². The van der Waals surface area contributed by atoms with Crippen LogP contribution in [0.1, 0.15) is 19.5 Å². The third kappa shape index (κ3) is 2.05. The Morgan fingerprint density at radius 2 is 2.38 bits per heavy atom.